The minimum atomic E-state index is -0.825. The fourth-order valence-corrected chi connectivity index (χ4v) is 2.30. The molecule has 1 atom stereocenters. The predicted molar refractivity (Wildman–Crippen MR) is 75.7 cm³/mol. The molecule has 116 valence electrons. The summed E-state index contributed by atoms with van der Waals surface area (Å²) >= 11 is 0. The van der Waals surface area contributed by atoms with Gasteiger partial charge in [0.2, 0.25) is 0 Å². The molecule has 1 unspecified atom stereocenters. The Morgan fingerprint density at radius 3 is 2.75 bits per heavy atom. The summed E-state index contributed by atoms with van der Waals surface area (Å²) in [6.07, 6.45) is 2.70. The van der Waals surface area contributed by atoms with Crippen molar-refractivity contribution >= 4 is 12.0 Å². The second-order valence-electron chi connectivity index (χ2n) is 5.55. The van der Waals surface area contributed by atoms with Crippen LogP contribution in [0.2, 0.25) is 0 Å². The van der Waals surface area contributed by atoms with E-state index in [0.29, 0.717) is 32.0 Å². The van der Waals surface area contributed by atoms with Gasteiger partial charge in [0, 0.05) is 32.2 Å². The largest absolute Gasteiger partial charge is 0.481 e. The topological polar surface area (TPSA) is 78.9 Å². The van der Waals surface area contributed by atoms with Crippen LogP contribution >= 0.6 is 0 Å². The molecule has 1 aliphatic rings. The van der Waals surface area contributed by atoms with Crippen LogP contribution in [0.5, 0.6) is 0 Å². The van der Waals surface area contributed by atoms with E-state index >= 15 is 0 Å². The average molecular weight is 286 g/mol. The van der Waals surface area contributed by atoms with Crippen molar-refractivity contribution in [3.05, 3.63) is 0 Å². The summed E-state index contributed by atoms with van der Waals surface area (Å²) in [6, 6.07) is -0.0534. The van der Waals surface area contributed by atoms with Gasteiger partial charge in [0.25, 0.3) is 0 Å². The lowest BCUT2D eigenvalue weighted by Crippen LogP contribution is -2.46. The van der Waals surface area contributed by atoms with Gasteiger partial charge in [-0.2, -0.15) is 0 Å². The predicted octanol–water partition coefficient (Wildman–Crippen LogP) is 1.70. The number of hydrogen-bond donors (Lipinski definition) is 2. The van der Waals surface area contributed by atoms with Crippen molar-refractivity contribution in [2.24, 2.45) is 5.92 Å². The lowest BCUT2D eigenvalue weighted by atomic mass is 10.0. The number of carbonyl (C=O) groups excluding carboxylic acids is 1. The standard InChI is InChI=1S/C14H26N2O4/c1-11(2)16(7-3-6-13(17)18)14(19)15-9-12-5-4-8-20-10-12/h11-12H,3-10H2,1-2H3,(H,15,19)(H,17,18). The first-order valence-electron chi connectivity index (χ1n) is 7.34. The minimum Gasteiger partial charge on any atom is -0.481 e. The van der Waals surface area contributed by atoms with Crippen molar-refractivity contribution in [3.63, 3.8) is 0 Å². The van der Waals surface area contributed by atoms with E-state index in [0.717, 1.165) is 19.4 Å². The third-order valence-corrected chi connectivity index (χ3v) is 3.47. The van der Waals surface area contributed by atoms with Gasteiger partial charge in [-0.1, -0.05) is 0 Å². The van der Waals surface area contributed by atoms with Crippen LogP contribution < -0.4 is 5.32 Å². The fourth-order valence-electron chi connectivity index (χ4n) is 2.30. The SMILES string of the molecule is CC(C)N(CCCC(=O)O)C(=O)NCC1CCCOC1. The Balaban J connectivity index is 2.32. The zero-order valence-electron chi connectivity index (χ0n) is 12.4. The molecule has 2 amide bonds. The number of carboxylic acid groups (broad SMARTS) is 1. The number of aliphatic carboxylic acids is 1. The van der Waals surface area contributed by atoms with Gasteiger partial charge in [-0.3, -0.25) is 4.79 Å². The first kappa shape index (κ1) is 16.8. The molecular formula is C14H26N2O4. The van der Waals surface area contributed by atoms with Crippen LogP contribution in [0.25, 0.3) is 0 Å². The second kappa shape index (κ2) is 8.79. The summed E-state index contributed by atoms with van der Waals surface area (Å²) in [5.41, 5.74) is 0. The number of hydrogen-bond acceptors (Lipinski definition) is 3. The summed E-state index contributed by atoms with van der Waals surface area (Å²) in [4.78, 5) is 24.3. The molecule has 1 fully saturated rings. The van der Waals surface area contributed by atoms with E-state index in [9.17, 15) is 9.59 Å². The normalized spacial score (nSPS) is 18.9. The van der Waals surface area contributed by atoms with Crippen molar-refractivity contribution in [2.45, 2.75) is 45.6 Å². The summed E-state index contributed by atoms with van der Waals surface area (Å²) in [6.45, 7) is 6.49. The Bertz CT molecular complexity index is 314. The van der Waals surface area contributed by atoms with E-state index in [2.05, 4.69) is 5.32 Å². The molecule has 1 rings (SSSR count). The Morgan fingerprint density at radius 2 is 2.20 bits per heavy atom. The summed E-state index contributed by atoms with van der Waals surface area (Å²) in [5.74, 6) is -0.436. The maximum absolute atomic E-state index is 12.1. The fraction of sp³-hybridized carbons (Fsp3) is 0.857. The summed E-state index contributed by atoms with van der Waals surface area (Å²) in [5, 5.41) is 11.6. The third kappa shape index (κ3) is 6.23. The van der Waals surface area contributed by atoms with E-state index in [4.69, 9.17) is 9.84 Å². The highest BCUT2D eigenvalue weighted by atomic mass is 16.5. The van der Waals surface area contributed by atoms with Crippen LogP contribution in [0.15, 0.2) is 0 Å². The molecule has 0 aromatic rings. The van der Waals surface area contributed by atoms with Crippen LogP contribution in [-0.4, -0.2) is 54.4 Å². The monoisotopic (exact) mass is 286 g/mol. The van der Waals surface area contributed by atoms with Crippen LogP contribution in [0.1, 0.15) is 39.5 Å². The molecule has 0 spiro atoms. The second-order valence-corrected chi connectivity index (χ2v) is 5.55. The number of ether oxygens (including phenoxy) is 1. The lowest BCUT2D eigenvalue weighted by Gasteiger charge is -2.28. The Labute approximate surface area is 120 Å². The highest BCUT2D eigenvalue weighted by Gasteiger charge is 2.19. The Morgan fingerprint density at radius 1 is 1.45 bits per heavy atom. The number of carbonyl (C=O) groups is 2. The molecule has 0 aliphatic carbocycles. The number of urea groups is 1. The van der Waals surface area contributed by atoms with Gasteiger partial charge >= 0.3 is 12.0 Å². The lowest BCUT2D eigenvalue weighted by molar-refractivity contribution is -0.137. The minimum absolute atomic E-state index is 0.0615. The molecule has 0 saturated carbocycles. The van der Waals surface area contributed by atoms with Crippen LogP contribution in [0, 0.1) is 5.92 Å². The van der Waals surface area contributed by atoms with E-state index in [1.807, 2.05) is 13.8 Å². The highest BCUT2D eigenvalue weighted by Crippen LogP contribution is 2.12. The molecule has 1 aliphatic heterocycles. The van der Waals surface area contributed by atoms with Crippen molar-refractivity contribution < 1.29 is 19.4 Å². The molecule has 1 heterocycles. The first-order valence-corrected chi connectivity index (χ1v) is 7.34. The van der Waals surface area contributed by atoms with Crippen LogP contribution in [-0.2, 0) is 9.53 Å². The van der Waals surface area contributed by atoms with Gasteiger partial charge in [0.1, 0.15) is 0 Å². The summed E-state index contributed by atoms with van der Waals surface area (Å²) < 4.78 is 5.38. The van der Waals surface area contributed by atoms with Gasteiger partial charge < -0.3 is 20.1 Å². The van der Waals surface area contributed by atoms with E-state index < -0.39 is 5.97 Å². The average Bonchev–Trinajstić information content (AvgIpc) is 2.41. The number of nitrogens with one attached hydrogen (secondary N) is 1. The van der Waals surface area contributed by atoms with Crippen LogP contribution in [0.4, 0.5) is 4.79 Å². The third-order valence-electron chi connectivity index (χ3n) is 3.47. The molecular weight excluding hydrogens is 260 g/mol. The van der Waals surface area contributed by atoms with E-state index in [1.165, 1.54) is 0 Å². The smallest absolute Gasteiger partial charge is 0.317 e. The van der Waals surface area contributed by atoms with Gasteiger partial charge in [0.15, 0.2) is 0 Å². The molecule has 2 N–H and O–H groups in total. The molecule has 0 radical (unpaired) electrons. The number of carboxylic acids is 1. The Kier molecular flexibility index (Phi) is 7.36. The van der Waals surface area contributed by atoms with Crippen molar-refractivity contribution in [3.8, 4) is 0 Å². The molecule has 0 bridgehead atoms. The quantitative estimate of drug-likeness (QED) is 0.746. The molecule has 6 heteroatoms. The first-order chi connectivity index (χ1) is 9.50. The van der Waals surface area contributed by atoms with E-state index in [-0.39, 0.29) is 18.5 Å². The van der Waals surface area contributed by atoms with Gasteiger partial charge in [-0.05, 0) is 39.0 Å². The molecule has 1 saturated heterocycles. The van der Waals surface area contributed by atoms with Crippen molar-refractivity contribution in [2.75, 3.05) is 26.3 Å². The maximum atomic E-state index is 12.1. The van der Waals surface area contributed by atoms with Crippen molar-refractivity contribution in [1.82, 2.24) is 10.2 Å². The summed E-state index contributed by atoms with van der Waals surface area (Å²) in [7, 11) is 0. The maximum Gasteiger partial charge on any atom is 0.317 e. The Hall–Kier alpha value is -1.30. The number of amides is 2. The van der Waals surface area contributed by atoms with Gasteiger partial charge in [-0.15, -0.1) is 0 Å². The molecule has 20 heavy (non-hydrogen) atoms. The van der Waals surface area contributed by atoms with Gasteiger partial charge in [0.05, 0.1) is 6.61 Å². The van der Waals surface area contributed by atoms with Gasteiger partial charge in [-0.25, -0.2) is 4.79 Å². The molecule has 0 aromatic heterocycles. The number of rotatable bonds is 7. The van der Waals surface area contributed by atoms with Crippen molar-refractivity contribution in [1.29, 1.82) is 0 Å². The zero-order valence-corrected chi connectivity index (χ0v) is 12.4. The zero-order chi connectivity index (χ0) is 15.0. The highest BCUT2D eigenvalue weighted by molar-refractivity contribution is 5.74. The molecule has 0 aromatic carbocycles. The molecule has 6 nitrogen and oxygen atoms in total. The van der Waals surface area contributed by atoms with E-state index in [1.54, 1.807) is 4.90 Å². The van der Waals surface area contributed by atoms with Crippen LogP contribution in [0.3, 0.4) is 0 Å². The number of nitrogens with zero attached hydrogens (tertiary/aromatic N) is 1.